The molecule has 0 aromatic heterocycles. The molecule has 4 nitrogen and oxygen atoms in total. The molecule has 1 aliphatic rings. The second-order valence-corrected chi connectivity index (χ2v) is 5.97. The highest BCUT2D eigenvalue weighted by Crippen LogP contribution is 2.32. The standard InChI is InChI=1S/C16H13BrFN3O/c17-10-3-1-2-9(6-10)7-14(21-22)11-4-5-13(18)16-12(11)8-15(19)20-16/h1-6,22H,7-8H2,(H2,19,20)/b21-14+. The fourth-order valence-electron chi connectivity index (χ4n) is 2.57. The van der Waals surface area contributed by atoms with E-state index in [4.69, 9.17) is 5.73 Å². The van der Waals surface area contributed by atoms with Gasteiger partial charge < -0.3 is 10.9 Å². The molecule has 22 heavy (non-hydrogen) atoms. The van der Waals surface area contributed by atoms with Gasteiger partial charge in [0.15, 0.2) is 0 Å². The fraction of sp³-hybridized carbons (Fsp3) is 0.125. The molecule has 3 N–H and O–H groups in total. The zero-order chi connectivity index (χ0) is 15.7. The summed E-state index contributed by atoms with van der Waals surface area (Å²) in [6.07, 6.45) is 0.786. The van der Waals surface area contributed by atoms with Gasteiger partial charge in [0.25, 0.3) is 0 Å². The number of oxime groups is 1. The molecule has 1 aliphatic heterocycles. The third kappa shape index (κ3) is 2.74. The van der Waals surface area contributed by atoms with Crippen LogP contribution in [0.15, 0.2) is 51.0 Å². The number of hydrogen-bond donors (Lipinski definition) is 2. The lowest BCUT2D eigenvalue weighted by atomic mass is 9.95. The lowest BCUT2D eigenvalue weighted by Crippen LogP contribution is -2.13. The highest BCUT2D eigenvalue weighted by Gasteiger charge is 2.22. The lowest BCUT2D eigenvalue weighted by Gasteiger charge is -2.10. The molecule has 0 saturated carbocycles. The second-order valence-electron chi connectivity index (χ2n) is 5.06. The summed E-state index contributed by atoms with van der Waals surface area (Å²) in [6, 6.07) is 10.6. The first-order chi connectivity index (χ1) is 10.6. The molecular weight excluding hydrogens is 349 g/mol. The first kappa shape index (κ1) is 14.7. The van der Waals surface area contributed by atoms with Gasteiger partial charge in [-0.05, 0) is 35.4 Å². The van der Waals surface area contributed by atoms with Crippen molar-refractivity contribution in [1.82, 2.24) is 0 Å². The molecule has 0 amide bonds. The van der Waals surface area contributed by atoms with Crippen molar-refractivity contribution < 1.29 is 9.60 Å². The van der Waals surface area contributed by atoms with Crippen LogP contribution < -0.4 is 5.73 Å². The molecule has 2 aromatic rings. The van der Waals surface area contributed by atoms with Crippen LogP contribution in [-0.2, 0) is 12.8 Å². The van der Waals surface area contributed by atoms with Gasteiger partial charge in [-0.1, -0.05) is 33.2 Å². The predicted molar refractivity (Wildman–Crippen MR) is 87.6 cm³/mol. The average Bonchev–Trinajstić information content (AvgIpc) is 2.88. The molecule has 1 heterocycles. The first-order valence-corrected chi connectivity index (χ1v) is 7.48. The van der Waals surface area contributed by atoms with Gasteiger partial charge in [-0.2, -0.15) is 0 Å². The Kier molecular flexibility index (Phi) is 3.94. The Morgan fingerprint density at radius 3 is 2.91 bits per heavy atom. The Bertz CT molecular complexity index is 802. The summed E-state index contributed by atoms with van der Waals surface area (Å²) >= 11 is 3.41. The van der Waals surface area contributed by atoms with E-state index in [0.29, 0.717) is 35.5 Å². The number of aliphatic imine (C=N–C) groups is 1. The molecule has 6 heteroatoms. The monoisotopic (exact) mass is 361 g/mol. The van der Waals surface area contributed by atoms with Crippen molar-refractivity contribution in [3.8, 4) is 0 Å². The zero-order valence-corrected chi connectivity index (χ0v) is 13.1. The average molecular weight is 362 g/mol. The van der Waals surface area contributed by atoms with Gasteiger partial charge in [-0.25, -0.2) is 9.38 Å². The molecule has 0 unspecified atom stereocenters. The summed E-state index contributed by atoms with van der Waals surface area (Å²) in [6.45, 7) is 0. The highest BCUT2D eigenvalue weighted by molar-refractivity contribution is 9.10. The fourth-order valence-corrected chi connectivity index (χ4v) is 3.01. The van der Waals surface area contributed by atoms with Gasteiger partial charge in [-0.15, -0.1) is 0 Å². The number of fused-ring (bicyclic) bond motifs is 1. The van der Waals surface area contributed by atoms with Gasteiger partial charge in [-0.3, -0.25) is 0 Å². The normalized spacial score (nSPS) is 13.9. The summed E-state index contributed by atoms with van der Waals surface area (Å²) < 4.78 is 14.8. The van der Waals surface area contributed by atoms with Gasteiger partial charge in [0.1, 0.15) is 17.3 Å². The Balaban J connectivity index is 1.99. The topological polar surface area (TPSA) is 71.0 Å². The van der Waals surface area contributed by atoms with Gasteiger partial charge >= 0.3 is 0 Å². The van der Waals surface area contributed by atoms with E-state index < -0.39 is 5.82 Å². The molecule has 0 aliphatic carbocycles. The van der Waals surface area contributed by atoms with Gasteiger partial charge in [0, 0.05) is 22.9 Å². The van der Waals surface area contributed by atoms with E-state index in [1.807, 2.05) is 24.3 Å². The number of hydrogen-bond acceptors (Lipinski definition) is 4. The van der Waals surface area contributed by atoms with Crippen LogP contribution in [0.3, 0.4) is 0 Å². The third-order valence-electron chi connectivity index (χ3n) is 3.54. The van der Waals surface area contributed by atoms with Crippen LogP contribution in [0, 0.1) is 5.82 Å². The van der Waals surface area contributed by atoms with Crippen LogP contribution in [-0.4, -0.2) is 16.8 Å². The molecule has 0 fully saturated rings. The molecule has 0 bridgehead atoms. The van der Waals surface area contributed by atoms with Crippen LogP contribution in [0.5, 0.6) is 0 Å². The largest absolute Gasteiger partial charge is 0.411 e. The van der Waals surface area contributed by atoms with E-state index in [-0.39, 0.29) is 5.69 Å². The molecular formula is C16H13BrFN3O. The summed E-state index contributed by atoms with van der Waals surface area (Å²) in [5, 5.41) is 12.8. The quantitative estimate of drug-likeness (QED) is 0.498. The molecule has 0 spiro atoms. The van der Waals surface area contributed by atoms with Crippen LogP contribution in [0.4, 0.5) is 10.1 Å². The predicted octanol–water partition coefficient (Wildman–Crippen LogP) is 3.55. The number of benzene rings is 2. The Labute approximate surface area is 135 Å². The lowest BCUT2D eigenvalue weighted by molar-refractivity contribution is 0.318. The van der Waals surface area contributed by atoms with Crippen molar-refractivity contribution in [2.45, 2.75) is 12.8 Å². The zero-order valence-electron chi connectivity index (χ0n) is 11.6. The van der Waals surface area contributed by atoms with E-state index in [9.17, 15) is 9.60 Å². The number of halogens is 2. The highest BCUT2D eigenvalue weighted by atomic mass is 79.9. The number of nitrogens with zero attached hydrogens (tertiary/aromatic N) is 2. The second kappa shape index (κ2) is 5.88. The van der Waals surface area contributed by atoms with Crippen molar-refractivity contribution in [2.24, 2.45) is 15.9 Å². The van der Waals surface area contributed by atoms with E-state index in [1.54, 1.807) is 6.07 Å². The van der Waals surface area contributed by atoms with E-state index in [2.05, 4.69) is 26.1 Å². The van der Waals surface area contributed by atoms with Crippen LogP contribution in [0.2, 0.25) is 0 Å². The number of amidine groups is 1. The molecule has 112 valence electrons. The van der Waals surface area contributed by atoms with E-state index in [0.717, 1.165) is 10.0 Å². The molecule has 3 rings (SSSR count). The van der Waals surface area contributed by atoms with Crippen molar-refractivity contribution in [1.29, 1.82) is 0 Å². The number of rotatable bonds is 3. The smallest absolute Gasteiger partial charge is 0.149 e. The Hall–Kier alpha value is -2.21. The van der Waals surface area contributed by atoms with Crippen molar-refractivity contribution in [3.05, 3.63) is 63.4 Å². The Morgan fingerprint density at radius 1 is 1.36 bits per heavy atom. The first-order valence-electron chi connectivity index (χ1n) is 6.68. The molecule has 0 radical (unpaired) electrons. The summed E-state index contributed by atoms with van der Waals surface area (Å²) in [4.78, 5) is 4.03. The van der Waals surface area contributed by atoms with Crippen molar-refractivity contribution in [3.63, 3.8) is 0 Å². The molecule has 0 atom stereocenters. The summed E-state index contributed by atoms with van der Waals surface area (Å²) in [5.41, 5.74) is 8.73. The van der Waals surface area contributed by atoms with Gasteiger partial charge in [0.05, 0.1) is 5.71 Å². The van der Waals surface area contributed by atoms with E-state index in [1.165, 1.54) is 6.07 Å². The van der Waals surface area contributed by atoms with Crippen molar-refractivity contribution in [2.75, 3.05) is 0 Å². The molecule has 0 saturated heterocycles. The molecule has 2 aromatic carbocycles. The van der Waals surface area contributed by atoms with E-state index >= 15 is 0 Å². The SMILES string of the molecule is NC1=Nc2c(F)ccc(/C(Cc3cccc(Br)c3)=N/O)c2C1. The number of nitrogens with two attached hydrogens (primary N) is 1. The van der Waals surface area contributed by atoms with Crippen LogP contribution in [0.1, 0.15) is 16.7 Å². The minimum absolute atomic E-state index is 0.241. The minimum atomic E-state index is -0.418. The maximum absolute atomic E-state index is 13.8. The summed E-state index contributed by atoms with van der Waals surface area (Å²) in [5.74, 6) is -0.0555. The third-order valence-corrected chi connectivity index (χ3v) is 4.03. The minimum Gasteiger partial charge on any atom is -0.411 e. The van der Waals surface area contributed by atoms with Gasteiger partial charge in [0.2, 0.25) is 0 Å². The summed E-state index contributed by atoms with van der Waals surface area (Å²) in [7, 11) is 0. The van der Waals surface area contributed by atoms with Crippen molar-refractivity contribution >= 4 is 33.2 Å². The maximum atomic E-state index is 13.8. The maximum Gasteiger partial charge on any atom is 0.149 e. The van der Waals surface area contributed by atoms with Crippen LogP contribution >= 0.6 is 15.9 Å². The Morgan fingerprint density at radius 2 is 2.18 bits per heavy atom. The van der Waals surface area contributed by atoms with Crippen LogP contribution in [0.25, 0.3) is 0 Å².